The fraction of sp³-hybridized carbons (Fsp3) is 0. The number of aromatic amines is 1. The topological polar surface area (TPSA) is 124 Å². The number of rotatable bonds is 0. The Bertz CT molecular complexity index is 2060. The molecule has 0 fully saturated rings. The second-order valence-corrected chi connectivity index (χ2v) is 9.73. The smallest absolute Gasteiger partial charge is 0.163 e. The third-order valence-electron chi connectivity index (χ3n) is 7.40. The van der Waals surface area contributed by atoms with E-state index in [-0.39, 0.29) is 0 Å². The van der Waals surface area contributed by atoms with E-state index >= 15 is 0 Å². The minimum atomic E-state index is 0.560. The van der Waals surface area contributed by atoms with Crippen LogP contribution in [0.4, 0.5) is 0 Å². The van der Waals surface area contributed by atoms with Gasteiger partial charge < -0.3 is 19.9 Å². The minimum Gasteiger partial charge on any atom is -0.357 e. The molecule has 0 spiro atoms. The Labute approximate surface area is 249 Å². The molecule has 5 heterocycles. The van der Waals surface area contributed by atoms with Crippen molar-refractivity contribution in [2.24, 2.45) is 0 Å². The third kappa shape index (κ3) is 3.75. The molecule has 9 rings (SSSR count). The molecule has 3 aromatic heterocycles. The van der Waals surface area contributed by atoms with Crippen LogP contribution < -0.4 is 4.98 Å². The van der Waals surface area contributed by atoms with E-state index in [1.54, 1.807) is 0 Å². The van der Waals surface area contributed by atoms with Gasteiger partial charge in [-0.2, -0.15) is 0 Å². The van der Waals surface area contributed by atoms with Crippen molar-refractivity contribution in [3.63, 3.8) is 0 Å². The molecule has 8 bridgehead atoms. The van der Waals surface area contributed by atoms with Gasteiger partial charge in [0, 0.05) is 44.3 Å². The van der Waals surface area contributed by atoms with Gasteiger partial charge in [0.25, 0.3) is 0 Å². The quantitative estimate of drug-likeness (QED) is 0.206. The van der Waals surface area contributed by atoms with E-state index in [0.717, 1.165) is 64.2 Å². The summed E-state index contributed by atoms with van der Waals surface area (Å²) in [5, 5.41) is 3.70. The number of fused-ring (bicyclic) bond motifs is 20. The van der Waals surface area contributed by atoms with Gasteiger partial charge in [-0.15, -0.1) is 0 Å². The van der Waals surface area contributed by atoms with Crippen molar-refractivity contribution in [3.8, 4) is 45.6 Å². The van der Waals surface area contributed by atoms with Crippen molar-refractivity contribution in [2.75, 3.05) is 0 Å². The molecule has 7 aromatic rings. The number of benzene rings is 4. The maximum atomic E-state index is 8.25. The van der Waals surface area contributed by atoms with Gasteiger partial charge >= 0.3 is 23.7 Å². The number of nitrogens with one attached hydrogen (secondary N) is 1. The molecule has 0 atom stereocenters. The molecule has 42 heavy (non-hydrogen) atoms. The van der Waals surface area contributed by atoms with E-state index in [9.17, 15) is 0 Å². The van der Waals surface area contributed by atoms with Crippen LogP contribution in [0.1, 0.15) is 0 Å². The summed E-state index contributed by atoms with van der Waals surface area (Å²) in [7, 11) is 0. The van der Waals surface area contributed by atoms with Crippen molar-refractivity contribution >= 4 is 44.1 Å². The number of nitrogens with zero attached hydrogens (tertiary/aromatic N) is 7. The predicted molar refractivity (Wildman–Crippen MR) is 156 cm³/mol. The van der Waals surface area contributed by atoms with Crippen molar-refractivity contribution in [1.82, 2.24) is 39.9 Å². The first-order chi connectivity index (χ1) is 20.8. The molecule has 0 unspecified atom stereocenters. The Morgan fingerprint density at radius 3 is 1.17 bits per heavy atom. The van der Waals surface area contributed by atoms with Crippen molar-refractivity contribution in [3.05, 3.63) is 97.1 Å². The van der Waals surface area contributed by atoms with Crippen LogP contribution in [0, 0.1) is 0 Å². The van der Waals surface area contributed by atoms with E-state index in [1.165, 1.54) is 0 Å². The first-order valence-corrected chi connectivity index (χ1v) is 13.8. The van der Waals surface area contributed by atoms with Crippen molar-refractivity contribution in [2.45, 2.75) is 0 Å². The van der Waals surface area contributed by atoms with Crippen LogP contribution in [0.5, 0.6) is 0 Å². The average molecular weight is 577 g/mol. The van der Waals surface area contributed by atoms with Gasteiger partial charge in [0.2, 0.25) is 0 Å². The first-order valence-electron chi connectivity index (χ1n) is 13.1. The number of H-pyrrole nitrogens is 1. The molecule has 0 saturated carbocycles. The second-order valence-electron chi connectivity index (χ2n) is 9.73. The predicted octanol–water partition coefficient (Wildman–Crippen LogP) is 6.38. The van der Waals surface area contributed by atoms with E-state index in [0.29, 0.717) is 45.9 Å². The van der Waals surface area contributed by atoms with Crippen LogP contribution in [0.2, 0.25) is 0 Å². The Morgan fingerprint density at radius 2 is 0.762 bits per heavy atom. The molecule has 4 aromatic carbocycles. The summed E-state index contributed by atoms with van der Waals surface area (Å²) in [6.07, 6.45) is 0. The van der Waals surface area contributed by atoms with E-state index in [4.69, 9.17) is 38.2 Å². The average Bonchev–Trinajstić information content (AvgIpc) is 3.78. The fourth-order valence-corrected chi connectivity index (χ4v) is 5.52. The summed E-state index contributed by atoms with van der Waals surface area (Å²) < 4.78 is 8.25. The molecule has 0 saturated heterocycles. The number of hydrogen-bond donors (Lipinski definition) is 1. The maximum Gasteiger partial charge on any atom is 0.163 e. The van der Waals surface area contributed by atoms with E-state index < -0.39 is 0 Å². The Morgan fingerprint density at radius 1 is 0.429 bits per heavy atom. The van der Waals surface area contributed by atoms with Crippen LogP contribution in [0.3, 0.4) is 0 Å². The zero-order chi connectivity index (χ0) is 28.2. The summed E-state index contributed by atoms with van der Waals surface area (Å²) in [5.74, 6) is 2.30. The largest absolute Gasteiger partial charge is 0.357 e. The molecule has 2 aliphatic rings. The minimum absolute atomic E-state index is 0.560. The molecule has 10 heteroatoms. The Hall–Kier alpha value is -5.25. The van der Waals surface area contributed by atoms with E-state index in [2.05, 4.69) is 4.98 Å². The number of aromatic nitrogens is 8. The Kier molecular flexibility index (Phi) is 5.66. The van der Waals surface area contributed by atoms with Gasteiger partial charge in [-0.05, 0) is 10.8 Å². The molecule has 195 valence electrons. The first kappa shape index (κ1) is 24.5. The van der Waals surface area contributed by atoms with Gasteiger partial charge in [0.1, 0.15) is 11.3 Å². The molecule has 0 amide bonds. The SMILES string of the molecule is [O]=[Ti+].c1ccc2c(c1)-c1nc-2nc2[nH]c(nc3nc(nc4[n-]c(n1)c1ccccc41)-c1ccccc1-3)c1ccccc21. The standard InChI is InChI=1S/C32H17N8.O.Ti/c1-2-10-18-17(9-1)25-33-26(18)38-28-21-13-5-6-14-22(21)30(35-28)40-32-24-16-8-7-15-23(24)31(36-32)39-29-20-12-4-3-11-19(20)27(34-29)37-25;;/h1-16H,(H-,33,34,35,36,37,38,39,40);;/q-1;;+1. The van der Waals surface area contributed by atoms with Gasteiger partial charge in [-0.1, -0.05) is 97.1 Å². The van der Waals surface area contributed by atoms with E-state index in [1.807, 2.05) is 97.1 Å². The van der Waals surface area contributed by atoms with Crippen LogP contribution in [-0.2, 0) is 23.7 Å². The van der Waals surface area contributed by atoms with Crippen LogP contribution in [0.25, 0.3) is 89.7 Å². The zero-order valence-electron chi connectivity index (χ0n) is 21.8. The van der Waals surface area contributed by atoms with Crippen LogP contribution in [0.15, 0.2) is 97.1 Å². The molecule has 0 aliphatic carbocycles. The van der Waals surface area contributed by atoms with Gasteiger partial charge in [-0.25, -0.2) is 19.9 Å². The van der Waals surface area contributed by atoms with Crippen molar-refractivity contribution < 1.29 is 23.7 Å². The summed E-state index contributed by atoms with van der Waals surface area (Å²) in [6, 6.07) is 32.0. The van der Waals surface area contributed by atoms with Gasteiger partial charge in [0.05, 0.1) is 11.6 Å². The van der Waals surface area contributed by atoms with Crippen LogP contribution in [-0.4, -0.2) is 34.9 Å². The summed E-state index contributed by atoms with van der Waals surface area (Å²) in [4.78, 5) is 38.0. The Balaban J connectivity index is 0.00000131. The molecular weight excluding hydrogens is 560 g/mol. The molecule has 0 radical (unpaired) electrons. The molecular formula is C32H17N8OTi. The third-order valence-corrected chi connectivity index (χ3v) is 7.40. The molecule has 9 nitrogen and oxygen atoms in total. The second kappa shape index (κ2) is 9.69. The monoisotopic (exact) mass is 577 g/mol. The fourth-order valence-electron chi connectivity index (χ4n) is 5.52. The summed E-state index contributed by atoms with van der Waals surface area (Å²) in [6.45, 7) is 0. The molecule has 2 aliphatic heterocycles. The normalized spacial score (nSPS) is 11.6. The zero-order valence-corrected chi connectivity index (χ0v) is 23.3. The number of hydrogen-bond acceptors (Lipinski definition) is 7. The molecule has 1 N–H and O–H groups in total. The maximum absolute atomic E-state index is 8.25. The van der Waals surface area contributed by atoms with Gasteiger partial charge in [-0.3, -0.25) is 0 Å². The van der Waals surface area contributed by atoms with Crippen molar-refractivity contribution in [1.29, 1.82) is 0 Å². The summed E-state index contributed by atoms with van der Waals surface area (Å²) in [5.41, 5.74) is 6.11. The van der Waals surface area contributed by atoms with Gasteiger partial charge in [0.15, 0.2) is 11.6 Å². The van der Waals surface area contributed by atoms with Crippen LogP contribution >= 0.6 is 0 Å². The summed E-state index contributed by atoms with van der Waals surface area (Å²) >= 11 is 0.750.